The number of carboxylic acids is 1. The number of β-lactam (4-membered cyclic amide) rings is 1. The zero-order valence-electron chi connectivity index (χ0n) is 17.1. The van der Waals surface area contributed by atoms with Gasteiger partial charge in [0.1, 0.15) is 11.2 Å². The largest absolute Gasteiger partial charge is 0.478 e. The molecule has 0 aliphatic carbocycles. The summed E-state index contributed by atoms with van der Waals surface area (Å²) in [7, 11) is 0. The van der Waals surface area contributed by atoms with Gasteiger partial charge in [0.25, 0.3) is 0 Å². The van der Waals surface area contributed by atoms with Crippen LogP contribution in [0.25, 0.3) is 0 Å². The summed E-state index contributed by atoms with van der Waals surface area (Å²) in [5.41, 5.74) is 5.13. The third-order valence-electron chi connectivity index (χ3n) is 5.60. The zero-order valence-corrected chi connectivity index (χ0v) is 17.1. The lowest BCUT2D eigenvalue weighted by Gasteiger charge is -2.53. The van der Waals surface area contributed by atoms with E-state index in [1.807, 2.05) is 13.8 Å². The summed E-state index contributed by atoms with van der Waals surface area (Å²) in [5.74, 6) is -1.66. The predicted octanol–water partition coefficient (Wildman–Crippen LogP) is 3.07. The molecule has 1 aliphatic heterocycles. The predicted molar refractivity (Wildman–Crippen MR) is 112 cm³/mol. The SMILES string of the molecule is CCC1(CC)C(=O)N(C(=O)Nc2ccc(C(N)=O)cc2)C1Oc1ccc(C(=O)O)cc1. The maximum Gasteiger partial charge on any atom is 0.335 e. The molecule has 0 saturated carbocycles. The minimum absolute atomic E-state index is 0.100. The van der Waals surface area contributed by atoms with Crippen molar-refractivity contribution in [2.75, 3.05) is 5.32 Å². The number of carbonyl (C=O) groups excluding carboxylic acids is 3. The van der Waals surface area contributed by atoms with E-state index in [1.54, 1.807) is 0 Å². The van der Waals surface area contributed by atoms with Crippen molar-refractivity contribution in [1.82, 2.24) is 4.90 Å². The van der Waals surface area contributed by atoms with Crippen molar-refractivity contribution < 1.29 is 29.0 Å². The number of carboxylic acid groups (broad SMARTS) is 1. The van der Waals surface area contributed by atoms with Crippen LogP contribution in [0.1, 0.15) is 47.4 Å². The molecule has 1 fully saturated rings. The first kappa shape index (κ1) is 21.8. The first-order valence-electron chi connectivity index (χ1n) is 9.78. The quantitative estimate of drug-likeness (QED) is 0.583. The van der Waals surface area contributed by atoms with Gasteiger partial charge in [0.15, 0.2) is 6.23 Å². The van der Waals surface area contributed by atoms with Crippen molar-refractivity contribution >= 4 is 29.5 Å². The number of imide groups is 1. The number of nitrogens with zero attached hydrogens (tertiary/aromatic N) is 1. The Morgan fingerprint density at radius 3 is 2.06 bits per heavy atom. The van der Waals surface area contributed by atoms with Crippen LogP contribution in [0, 0.1) is 5.41 Å². The van der Waals surface area contributed by atoms with E-state index < -0.39 is 29.6 Å². The molecule has 1 heterocycles. The Hall–Kier alpha value is -3.88. The molecule has 4 N–H and O–H groups in total. The van der Waals surface area contributed by atoms with Gasteiger partial charge < -0.3 is 20.9 Å². The summed E-state index contributed by atoms with van der Waals surface area (Å²) in [6.45, 7) is 3.70. The maximum atomic E-state index is 12.9. The Morgan fingerprint density at radius 1 is 1.03 bits per heavy atom. The van der Waals surface area contributed by atoms with Gasteiger partial charge in [-0.25, -0.2) is 14.5 Å². The summed E-state index contributed by atoms with van der Waals surface area (Å²) in [4.78, 5) is 49.0. The van der Waals surface area contributed by atoms with Crippen molar-refractivity contribution in [2.45, 2.75) is 32.9 Å². The summed E-state index contributed by atoms with van der Waals surface area (Å²) >= 11 is 0. The summed E-state index contributed by atoms with van der Waals surface area (Å²) < 4.78 is 5.97. The van der Waals surface area contributed by atoms with Crippen LogP contribution in [0.2, 0.25) is 0 Å². The van der Waals surface area contributed by atoms with Gasteiger partial charge in [0.2, 0.25) is 11.8 Å². The standard InChI is InChI=1S/C22H23N3O6/c1-3-22(4-2)19(29)25(20(22)31-16-11-7-14(8-12-16)18(27)28)21(30)24-15-9-5-13(6-10-15)17(23)26/h5-12,20H,3-4H2,1-2H3,(H2,23,26)(H,24,30)(H,27,28). The number of carbonyl (C=O) groups is 4. The average Bonchev–Trinajstić information content (AvgIpc) is 2.75. The number of likely N-dealkylation sites (tertiary alicyclic amines) is 1. The highest BCUT2D eigenvalue weighted by atomic mass is 16.5. The smallest absolute Gasteiger partial charge is 0.335 e. The molecule has 9 heteroatoms. The fourth-order valence-corrected chi connectivity index (χ4v) is 3.61. The Balaban J connectivity index is 1.81. The number of anilines is 1. The van der Waals surface area contributed by atoms with Crippen molar-refractivity contribution in [2.24, 2.45) is 11.1 Å². The van der Waals surface area contributed by atoms with Crippen LogP contribution in [-0.2, 0) is 4.79 Å². The van der Waals surface area contributed by atoms with Crippen molar-refractivity contribution in [1.29, 1.82) is 0 Å². The molecule has 0 radical (unpaired) electrons. The van der Waals surface area contributed by atoms with E-state index in [4.69, 9.17) is 15.6 Å². The molecule has 4 amide bonds. The lowest BCUT2D eigenvalue weighted by molar-refractivity contribution is -0.190. The Bertz CT molecular complexity index is 1010. The van der Waals surface area contributed by atoms with Gasteiger partial charge in [0, 0.05) is 11.3 Å². The summed E-state index contributed by atoms with van der Waals surface area (Å²) in [5, 5.41) is 11.7. The van der Waals surface area contributed by atoms with Crippen LogP contribution in [0.5, 0.6) is 5.75 Å². The van der Waals surface area contributed by atoms with E-state index in [0.717, 1.165) is 4.90 Å². The van der Waals surface area contributed by atoms with Gasteiger partial charge in [-0.15, -0.1) is 0 Å². The van der Waals surface area contributed by atoms with Gasteiger partial charge in [-0.2, -0.15) is 0 Å². The number of benzene rings is 2. The van der Waals surface area contributed by atoms with E-state index in [0.29, 0.717) is 29.8 Å². The molecule has 1 aliphatic rings. The van der Waals surface area contributed by atoms with Gasteiger partial charge >= 0.3 is 12.0 Å². The number of primary amides is 1. The molecule has 1 saturated heterocycles. The second-order valence-electron chi connectivity index (χ2n) is 7.21. The van der Waals surface area contributed by atoms with E-state index >= 15 is 0 Å². The van der Waals surface area contributed by atoms with Gasteiger partial charge in [-0.3, -0.25) is 9.59 Å². The number of hydrogen-bond acceptors (Lipinski definition) is 5. The minimum Gasteiger partial charge on any atom is -0.478 e. The Morgan fingerprint density at radius 2 is 1.58 bits per heavy atom. The van der Waals surface area contributed by atoms with E-state index in [9.17, 15) is 19.2 Å². The first-order chi connectivity index (χ1) is 14.7. The van der Waals surface area contributed by atoms with Crippen molar-refractivity contribution in [3.05, 3.63) is 59.7 Å². The molecule has 2 aromatic rings. The fourth-order valence-electron chi connectivity index (χ4n) is 3.61. The van der Waals surface area contributed by atoms with E-state index in [2.05, 4.69) is 5.32 Å². The minimum atomic E-state index is -1.06. The number of ether oxygens (including phenoxy) is 1. The third-order valence-corrected chi connectivity index (χ3v) is 5.60. The molecule has 1 atom stereocenters. The number of hydrogen-bond donors (Lipinski definition) is 3. The van der Waals surface area contributed by atoms with Crippen LogP contribution in [0.15, 0.2) is 48.5 Å². The number of nitrogens with two attached hydrogens (primary N) is 1. The van der Waals surface area contributed by atoms with Crippen molar-refractivity contribution in [3.8, 4) is 5.75 Å². The average molecular weight is 425 g/mol. The number of urea groups is 1. The second kappa shape index (κ2) is 8.47. The molecular weight excluding hydrogens is 402 g/mol. The number of nitrogens with one attached hydrogen (secondary N) is 1. The monoisotopic (exact) mass is 425 g/mol. The highest BCUT2D eigenvalue weighted by Crippen LogP contribution is 2.46. The molecule has 31 heavy (non-hydrogen) atoms. The molecule has 2 aromatic carbocycles. The van der Waals surface area contributed by atoms with Gasteiger partial charge in [-0.1, -0.05) is 13.8 Å². The molecule has 9 nitrogen and oxygen atoms in total. The maximum absolute atomic E-state index is 12.9. The zero-order chi connectivity index (χ0) is 22.8. The molecule has 0 spiro atoms. The highest BCUT2D eigenvalue weighted by molar-refractivity contribution is 6.08. The van der Waals surface area contributed by atoms with Crippen LogP contribution < -0.4 is 15.8 Å². The highest BCUT2D eigenvalue weighted by Gasteiger charge is 2.62. The van der Waals surface area contributed by atoms with Crippen LogP contribution >= 0.6 is 0 Å². The number of rotatable bonds is 7. The van der Waals surface area contributed by atoms with E-state index in [1.165, 1.54) is 48.5 Å². The number of aromatic carboxylic acids is 1. The molecule has 0 bridgehead atoms. The fraction of sp³-hybridized carbons (Fsp3) is 0.273. The molecular formula is C22H23N3O6. The molecule has 0 aromatic heterocycles. The van der Waals surface area contributed by atoms with Gasteiger partial charge in [-0.05, 0) is 61.4 Å². The molecule has 1 unspecified atom stereocenters. The summed E-state index contributed by atoms with van der Waals surface area (Å²) in [6, 6.07) is 11.0. The van der Waals surface area contributed by atoms with E-state index in [-0.39, 0.29) is 11.5 Å². The van der Waals surface area contributed by atoms with Crippen molar-refractivity contribution in [3.63, 3.8) is 0 Å². The van der Waals surface area contributed by atoms with Crippen LogP contribution in [0.4, 0.5) is 10.5 Å². The van der Waals surface area contributed by atoms with Gasteiger partial charge in [0.05, 0.1) is 5.56 Å². The summed E-state index contributed by atoms with van der Waals surface area (Å²) in [6.07, 6.45) is 0.0878. The Labute approximate surface area is 178 Å². The lowest BCUT2D eigenvalue weighted by Crippen LogP contribution is -2.73. The Kier molecular flexibility index (Phi) is 5.96. The second-order valence-corrected chi connectivity index (χ2v) is 7.21. The topological polar surface area (TPSA) is 139 Å². The first-order valence-corrected chi connectivity index (χ1v) is 9.78. The molecule has 3 rings (SSSR count). The van der Waals surface area contributed by atoms with Crippen LogP contribution in [0.3, 0.4) is 0 Å². The normalized spacial score (nSPS) is 16.9. The lowest BCUT2D eigenvalue weighted by atomic mass is 9.72. The molecule has 162 valence electrons. The van der Waals surface area contributed by atoms with Crippen LogP contribution in [-0.4, -0.2) is 40.0 Å². The number of amides is 4. The third kappa shape index (κ3) is 3.94.